The Balaban J connectivity index is 0.000000636. The van der Waals surface area contributed by atoms with Crippen molar-refractivity contribution < 1.29 is 0 Å². The third kappa shape index (κ3) is 2.08. The topological polar surface area (TPSA) is 41.6 Å². The molecule has 0 N–H and O–H groups in total. The lowest BCUT2D eigenvalue weighted by Crippen LogP contribution is -2.29. The first-order valence-electron chi connectivity index (χ1n) is 7.51. The number of imidazole rings is 1. The van der Waals surface area contributed by atoms with Gasteiger partial charge in [0.15, 0.2) is 0 Å². The van der Waals surface area contributed by atoms with Gasteiger partial charge in [0.2, 0.25) is 0 Å². The average Bonchev–Trinajstić information content (AvgIpc) is 3.16. The second kappa shape index (κ2) is 5.57. The molecule has 0 saturated heterocycles. The molecule has 0 fully saturated rings. The predicted molar refractivity (Wildman–Crippen MR) is 86.3 cm³/mol. The molecule has 108 valence electrons. The van der Waals surface area contributed by atoms with Gasteiger partial charge >= 0.3 is 0 Å². The van der Waals surface area contributed by atoms with Crippen molar-refractivity contribution in [2.45, 2.75) is 38.0 Å². The largest absolute Gasteiger partial charge is 0.332 e. The van der Waals surface area contributed by atoms with E-state index >= 15 is 0 Å². The quantitative estimate of drug-likeness (QED) is 0.744. The SMILES string of the molecule is CC.N#Cc1ccc2c(c1)CCC21SCCn2cncc21. The monoisotopic (exact) mass is 297 g/mol. The van der Waals surface area contributed by atoms with E-state index in [0.717, 1.165) is 30.7 Å². The van der Waals surface area contributed by atoms with E-state index in [9.17, 15) is 0 Å². The minimum atomic E-state index is 0.0675. The van der Waals surface area contributed by atoms with Gasteiger partial charge in [0.1, 0.15) is 0 Å². The summed E-state index contributed by atoms with van der Waals surface area (Å²) in [5.74, 6) is 1.13. The van der Waals surface area contributed by atoms with Gasteiger partial charge in [-0.25, -0.2) is 4.98 Å². The molecule has 2 aromatic rings. The Labute approximate surface area is 130 Å². The van der Waals surface area contributed by atoms with Crippen LogP contribution in [0.1, 0.15) is 42.7 Å². The van der Waals surface area contributed by atoms with Crippen molar-refractivity contribution in [3.63, 3.8) is 0 Å². The number of thioether (sulfide) groups is 1. The summed E-state index contributed by atoms with van der Waals surface area (Å²) in [6.07, 6.45) is 6.13. The summed E-state index contributed by atoms with van der Waals surface area (Å²) in [7, 11) is 0. The fourth-order valence-electron chi connectivity index (χ4n) is 3.35. The van der Waals surface area contributed by atoms with Crippen molar-refractivity contribution in [1.29, 1.82) is 5.26 Å². The van der Waals surface area contributed by atoms with Gasteiger partial charge in [0.05, 0.1) is 28.4 Å². The van der Waals surface area contributed by atoms with Crippen LogP contribution in [0.25, 0.3) is 0 Å². The van der Waals surface area contributed by atoms with E-state index in [0.29, 0.717) is 0 Å². The fourth-order valence-corrected chi connectivity index (χ4v) is 4.91. The van der Waals surface area contributed by atoms with Crippen LogP contribution in [0.5, 0.6) is 0 Å². The Morgan fingerprint density at radius 2 is 2.24 bits per heavy atom. The summed E-state index contributed by atoms with van der Waals surface area (Å²) in [4.78, 5) is 4.33. The lowest BCUT2D eigenvalue weighted by molar-refractivity contribution is 0.602. The third-order valence-electron chi connectivity index (χ3n) is 4.22. The summed E-state index contributed by atoms with van der Waals surface area (Å²) in [5.41, 5.74) is 4.82. The van der Waals surface area contributed by atoms with Crippen LogP contribution >= 0.6 is 11.8 Å². The maximum atomic E-state index is 9.03. The highest BCUT2D eigenvalue weighted by atomic mass is 32.2. The average molecular weight is 297 g/mol. The van der Waals surface area contributed by atoms with Crippen molar-refractivity contribution >= 4 is 11.8 Å². The van der Waals surface area contributed by atoms with Crippen LogP contribution in [0.15, 0.2) is 30.7 Å². The van der Waals surface area contributed by atoms with Crippen LogP contribution in [0, 0.1) is 11.3 Å². The van der Waals surface area contributed by atoms with E-state index in [1.807, 2.05) is 44.2 Å². The summed E-state index contributed by atoms with van der Waals surface area (Å²) in [6, 6.07) is 8.39. The molecule has 1 unspecified atom stereocenters. The first-order chi connectivity index (χ1) is 10.3. The smallest absolute Gasteiger partial charge is 0.0991 e. The van der Waals surface area contributed by atoms with Crippen LogP contribution in [0.3, 0.4) is 0 Å². The molecule has 2 heterocycles. The number of benzene rings is 1. The van der Waals surface area contributed by atoms with Gasteiger partial charge in [-0.2, -0.15) is 5.26 Å². The van der Waals surface area contributed by atoms with Gasteiger partial charge in [-0.05, 0) is 36.1 Å². The molecule has 0 bridgehead atoms. The molecule has 0 saturated carbocycles. The van der Waals surface area contributed by atoms with Crippen molar-refractivity contribution in [2.75, 3.05) is 5.75 Å². The maximum Gasteiger partial charge on any atom is 0.0991 e. The molecule has 1 atom stereocenters. The first kappa shape index (κ1) is 14.2. The van der Waals surface area contributed by atoms with Gasteiger partial charge in [0.25, 0.3) is 0 Å². The lowest BCUT2D eigenvalue weighted by atomic mass is 9.95. The van der Waals surface area contributed by atoms with Crippen LogP contribution in [-0.4, -0.2) is 15.3 Å². The second-order valence-corrected chi connectivity index (χ2v) is 6.53. The number of fused-ring (bicyclic) bond motifs is 4. The van der Waals surface area contributed by atoms with Crippen LogP contribution in [-0.2, 0) is 17.7 Å². The molecular formula is C17H19N3S. The molecule has 21 heavy (non-hydrogen) atoms. The summed E-state index contributed by atoms with van der Waals surface area (Å²) < 4.78 is 2.35. The number of nitriles is 1. The number of aryl methyl sites for hydroxylation is 2. The summed E-state index contributed by atoms with van der Waals surface area (Å²) in [6.45, 7) is 5.05. The highest BCUT2D eigenvalue weighted by Gasteiger charge is 2.44. The maximum absolute atomic E-state index is 9.03. The van der Waals surface area contributed by atoms with E-state index in [-0.39, 0.29) is 4.75 Å². The molecule has 1 aromatic heterocycles. The van der Waals surface area contributed by atoms with Gasteiger partial charge in [-0.1, -0.05) is 19.9 Å². The van der Waals surface area contributed by atoms with Crippen LogP contribution in [0.4, 0.5) is 0 Å². The third-order valence-corrected chi connectivity index (χ3v) is 5.74. The van der Waals surface area contributed by atoms with E-state index in [1.165, 1.54) is 16.8 Å². The van der Waals surface area contributed by atoms with Crippen LogP contribution < -0.4 is 0 Å². The normalized spacial score (nSPS) is 22.0. The highest BCUT2D eigenvalue weighted by molar-refractivity contribution is 8.00. The number of aromatic nitrogens is 2. The molecule has 2 aliphatic rings. The number of hydrogen-bond acceptors (Lipinski definition) is 3. The number of hydrogen-bond donors (Lipinski definition) is 0. The van der Waals surface area contributed by atoms with Gasteiger partial charge in [-0.3, -0.25) is 0 Å². The van der Waals surface area contributed by atoms with Gasteiger partial charge in [-0.15, -0.1) is 11.8 Å². The molecule has 1 spiro atoms. The van der Waals surface area contributed by atoms with Gasteiger partial charge in [0, 0.05) is 18.5 Å². The Bertz CT molecular complexity index is 698. The number of nitrogens with zero attached hydrogens (tertiary/aromatic N) is 3. The summed E-state index contributed by atoms with van der Waals surface area (Å²) in [5, 5.41) is 9.03. The zero-order chi connectivity index (χ0) is 14.9. The van der Waals surface area contributed by atoms with Crippen molar-refractivity contribution in [3.8, 4) is 6.07 Å². The molecule has 0 amide bonds. The minimum absolute atomic E-state index is 0.0675. The Morgan fingerprint density at radius 3 is 3.05 bits per heavy atom. The predicted octanol–water partition coefficient (Wildman–Crippen LogP) is 3.72. The first-order valence-corrected chi connectivity index (χ1v) is 8.50. The molecule has 3 nitrogen and oxygen atoms in total. The fraction of sp³-hybridized carbons (Fsp3) is 0.412. The lowest BCUT2D eigenvalue weighted by Gasteiger charge is -2.34. The van der Waals surface area contributed by atoms with Crippen LogP contribution in [0.2, 0.25) is 0 Å². The van der Waals surface area contributed by atoms with E-state index in [1.54, 1.807) is 0 Å². The van der Waals surface area contributed by atoms with E-state index in [4.69, 9.17) is 5.26 Å². The molecule has 0 radical (unpaired) electrons. The number of rotatable bonds is 0. The second-order valence-electron chi connectivity index (χ2n) is 5.13. The highest BCUT2D eigenvalue weighted by Crippen LogP contribution is 2.53. The molecule has 1 aromatic carbocycles. The van der Waals surface area contributed by atoms with Crippen molar-refractivity contribution in [3.05, 3.63) is 53.1 Å². The zero-order valence-corrected chi connectivity index (χ0v) is 13.3. The van der Waals surface area contributed by atoms with Gasteiger partial charge < -0.3 is 4.57 Å². The summed E-state index contributed by atoms with van der Waals surface area (Å²) >= 11 is 2.03. The Kier molecular flexibility index (Phi) is 3.77. The molecule has 1 aliphatic heterocycles. The van der Waals surface area contributed by atoms with Crippen molar-refractivity contribution in [2.24, 2.45) is 0 Å². The van der Waals surface area contributed by atoms with Crippen molar-refractivity contribution in [1.82, 2.24) is 9.55 Å². The zero-order valence-electron chi connectivity index (χ0n) is 12.5. The Hall–Kier alpha value is -1.73. The molecule has 4 rings (SSSR count). The van der Waals surface area contributed by atoms with E-state index < -0.39 is 0 Å². The molecule has 1 aliphatic carbocycles. The molecular weight excluding hydrogens is 278 g/mol. The minimum Gasteiger partial charge on any atom is -0.332 e. The Morgan fingerprint density at radius 1 is 1.38 bits per heavy atom. The van der Waals surface area contributed by atoms with E-state index in [2.05, 4.69) is 27.8 Å². The molecule has 4 heteroatoms. The standard InChI is InChI=1S/C15H13N3S.C2H6/c16-8-11-1-2-13-12(7-11)3-4-15(13)14-9-17-10-18(14)5-6-19-15;1-2/h1-2,7,9-10H,3-6H2;1-2H3.